The number of hydrogen-bond acceptors (Lipinski definition) is 3. The Morgan fingerprint density at radius 2 is 1.84 bits per heavy atom. The Morgan fingerprint density at radius 1 is 1.16 bits per heavy atom. The summed E-state index contributed by atoms with van der Waals surface area (Å²) in [5, 5.41) is 11.8. The SMILES string of the molecule is O=C(O)CCC1(NC(=O)OC2CCC2)CCCCC1. The van der Waals surface area contributed by atoms with Crippen LogP contribution in [0.25, 0.3) is 0 Å². The van der Waals surface area contributed by atoms with Gasteiger partial charge < -0.3 is 15.2 Å². The van der Waals surface area contributed by atoms with Crippen LogP contribution >= 0.6 is 0 Å². The number of carboxylic acid groups (broad SMARTS) is 1. The van der Waals surface area contributed by atoms with Crippen LogP contribution < -0.4 is 5.32 Å². The quantitative estimate of drug-likeness (QED) is 0.804. The highest BCUT2D eigenvalue weighted by atomic mass is 16.6. The molecule has 0 unspecified atom stereocenters. The van der Waals surface area contributed by atoms with Crippen molar-refractivity contribution in [1.29, 1.82) is 0 Å². The van der Waals surface area contributed by atoms with E-state index in [9.17, 15) is 9.59 Å². The molecule has 5 heteroatoms. The van der Waals surface area contributed by atoms with Crippen molar-refractivity contribution in [3.05, 3.63) is 0 Å². The van der Waals surface area contributed by atoms with Crippen molar-refractivity contribution < 1.29 is 19.4 Å². The maximum atomic E-state index is 11.9. The Bertz CT molecular complexity index is 332. The van der Waals surface area contributed by atoms with Crippen LogP contribution in [0.5, 0.6) is 0 Å². The highest BCUT2D eigenvalue weighted by Gasteiger charge is 2.35. The van der Waals surface area contributed by atoms with Crippen molar-refractivity contribution in [2.75, 3.05) is 0 Å². The molecule has 2 aliphatic carbocycles. The molecule has 0 aromatic rings. The predicted molar refractivity (Wildman–Crippen MR) is 69.9 cm³/mol. The lowest BCUT2D eigenvalue weighted by atomic mass is 9.78. The van der Waals surface area contributed by atoms with Crippen LogP contribution in [-0.4, -0.2) is 28.8 Å². The van der Waals surface area contributed by atoms with E-state index < -0.39 is 5.97 Å². The topological polar surface area (TPSA) is 75.6 Å². The molecular weight excluding hydrogens is 246 g/mol. The van der Waals surface area contributed by atoms with Gasteiger partial charge in [-0.1, -0.05) is 19.3 Å². The van der Waals surface area contributed by atoms with Gasteiger partial charge in [0.2, 0.25) is 0 Å². The summed E-state index contributed by atoms with van der Waals surface area (Å²) in [6, 6.07) is 0. The first-order valence-corrected chi connectivity index (χ1v) is 7.30. The minimum absolute atomic E-state index is 0.0696. The largest absolute Gasteiger partial charge is 0.481 e. The van der Waals surface area contributed by atoms with Crippen molar-refractivity contribution in [1.82, 2.24) is 5.32 Å². The lowest BCUT2D eigenvalue weighted by molar-refractivity contribution is -0.137. The van der Waals surface area contributed by atoms with Gasteiger partial charge in [0.05, 0.1) is 0 Å². The van der Waals surface area contributed by atoms with E-state index in [1.807, 2.05) is 0 Å². The second kappa shape index (κ2) is 6.26. The van der Waals surface area contributed by atoms with E-state index in [2.05, 4.69) is 5.32 Å². The van der Waals surface area contributed by atoms with E-state index in [1.54, 1.807) is 0 Å². The van der Waals surface area contributed by atoms with Gasteiger partial charge in [0, 0.05) is 12.0 Å². The van der Waals surface area contributed by atoms with E-state index in [0.717, 1.165) is 51.4 Å². The molecule has 2 saturated carbocycles. The van der Waals surface area contributed by atoms with Crippen molar-refractivity contribution in [3.63, 3.8) is 0 Å². The summed E-state index contributed by atoms with van der Waals surface area (Å²) < 4.78 is 5.32. The first-order chi connectivity index (χ1) is 9.10. The van der Waals surface area contributed by atoms with Crippen LogP contribution in [0.4, 0.5) is 4.79 Å². The molecule has 2 rings (SSSR count). The molecular formula is C14H23NO4. The fourth-order valence-electron chi connectivity index (χ4n) is 2.90. The molecule has 108 valence electrons. The molecule has 2 aliphatic rings. The minimum atomic E-state index is -0.806. The number of carboxylic acids is 1. The number of rotatable bonds is 5. The number of carbonyl (C=O) groups excluding carboxylic acids is 1. The van der Waals surface area contributed by atoms with E-state index in [0.29, 0.717) is 6.42 Å². The third-order valence-corrected chi connectivity index (χ3v) is 4.32. The van der Waals surface area contributed by atoms with E-state index in [1.165, 1.54) is 0 Å². The first-order valence-electron chi connectivity index (χ1n) is 7.30. The van der Waals surface area contributed by atoms with E-state index in [4.69, 9.17) is 9.84 Å². The average Bonchev–Trinajstić information content (AvgIpc) is 2.33. The average molecular weight is 269 g/mol. The number of alkyl carbamates (subject to hydrolysis) is 1. The zero-order valence-corrected chi connectivity index (χ0v) is 11.3. The van der Waals surface area contributed by atoms with Crippen LogP contribution in [0, 0.1) is 0 Å². The van der Waals surface area contributed by atoms with E-state index in [-0.39, 0.29) is 24.2 Å². The normalized spacial score (nSPS) is 22.3. The van der Waals surface area contributed by atoms with Gasteiger partial charge in [0.15, 0.2) is 0 Å². The first kappa shape index (κ1) is 14.2. The van der Waals surface area contributed by atoms with Crippen molar-refractivity contribution in [3.8, 4) is 0 Å². The molecule has 19 heavy (non-hydrogen) atoms. The molecule has 0 bridgehead atoms. The van der Waals surface area contributed by atoms with Crippen LogP contribution in [0.2, 0.25) is 0 Å². The van der Waals surface area contributed by atoms with Crippen molar-refractivity contribution in [2.45, 2.75) is 75.9 Å². The minimum Gasteiger partial charge on any atom is -0.481 e. The molecule has 1 amide bonds. The highest BCUT2D eigenvalue weighted by Crippen LogP contribution is 2.32. The van der Waals surface area contributed by atoms with Crippen LogP contribution in [-0.2, 0) is 9.53 Å². The van der Waals surface area contributed by atoms with Gasteiger partial charge in [-0.2, -0.15) is 0 Å². The molecule has 2 fully saturated rings. The molecule has 0 heterocycles. The molecule has 0 spiro atoms. The summed E-state index contributed by atoms with van der Waals surface area (Å²) in [6.45, 7) is 0. The zero-order chi connectivity index (χ0) is 13.7. The van der Waals surface area contributed by atoms with Gasteiger partial charge in [-0.15, -0.1) is 0 Å². The summed E-state index contributed by atoms with van der Waals surface area (Å²) >= 11 is 0. The molecule has 0 saturated heterocycles. The summed E-state index contributed by atoms with van der Waals surface area (Å²) in [6.07, 6.45) is 8.32. The van der Waals surface area contributed by atoms with Gasteiger partial charge >= 0.3 is 12.1 Å². The van der Waals surface area contributed by atoms with Crippen molar-refractivity contribution >= 4 is 12.1 Å². The predicted octanol–water partition coefficient (Wildman–Crippen LogP) is 2.83. The van der Waals surface area contributed by atoms with Gasteiger partial charge in [0.1, 0.15) is 6.10 Å². The van der Waals surface area contributed by atoms with Crippen LogP contribution in [0.1, 0.15) is 64.2 Å². The standard InChI is InChI=1S/C14H23NO4/c16-12(17)7-10-14(8-2-1-3-9-14)15-13(18)19-11-5-4-6-11/h11H,1-10H2,(H,15,18)(H,16,17). The Kier molecular flexibility index (Phi) is 4.66. The molecule has 0 aliphatic heterocycles. The number of nitrogens with one attached hydrogen (secondary N) is 1. The van der Waals surface area contributed by atoms with Crippen LogP contribution in [0.15, 0.2) is 0 Å². The highest BCUT2D eigenvalue weighted by molar-refractivity contribution is 5.69. The van der Waals surface area contributed by atoms with Gasteiger partial charge in [-0.05, 0) is 38.5 Å². The number of amides is 1. The molecule has 0 radical (unpaired) electrons. The summed E-state index contributed by atoms with van der Waals surface area (Å²) in [5.41, 5.74) is -0.364. The summed E-state index contributed by atoms with van der Waals surface area (Å²) in [4.78, 5) is 22.6. The lowest BCUT2D eigenvalue weighted by Gasteiger charge is -2.38. The number of ether oxygens (including phenoxy) is 1. The Morgan fingerprint density at radius 3 is 2.37 bits per heavy atom. The van der Waals surface area contributed by atoms with Gasteiger partial charge in [0.25, 0.3) is 0 Å². The third kappa shape index (κ3) is 4.11. The Hall–Kier alpha value is -1.26. The van der Waals surface area contributed by atoms with Crippen molar-refractivity contribution in [2.24, 2.45) is 0 Å². The number of carbonyl (C=O) groups is 2. The zero-order valence-electron chi connectivity index (χ0n) is 11.3. The number of aliphatic carboxylic acids is 1. The molecule has 0 aromatic heterocycles. The number of hydrogen-bond donors (Lipinski definition) is 2. The second-order valence-corrected chi connectivity index (χ2v) is 5.82. The van der Waals surface area contributed by atoms with Gasteiger partial charge in [-0.25, -0.2) is 4.79 Å². The molecule has 5 nitrogen and oxygen atoms in total. The molecule has 2 N–H and O–H groups in total. The maximum Gasteiger partial charge on any atom is 0.407 e. The lowest BCUT2D eigenvalue weighted by Crippen LogP contribution is -2.51. The Labute approximate surface area is 113 Å². The van der Waals surface area contributed by atoms with Gasteiger partial charge in [-0.3, -0.25) is 4.79 Å². The maximum absolute atomic E-state index is 11.9. The van der Waals surface area contributed by atoms with Crippen LogP contribution in [0.3, 0.4) is 0 Å². The molecule has 0 atom stereocenters. The Balaban J connectivity index is 1.87. The summed E-state index contributed by atoms with van der Waals surface area (Å²) in [5.74, 6) is -0.806. The smallest absolute Gasteiger partial charge is 0.407 e. The fourth-order valence-corrected chi connectivity index (χ4v) is 2.90. The third-order valence-electron chi connectivity index (χ3n) is 4.32. The molecule has 0 aromatic carbocycles. The summed E-state index contributed by atoms with van der Waals surface area (Å²) in [7, 11) is 0. The monoisotopic (exact) mass is 269 g/mol. The van der Waals surface area contributed by atoms with E-state index >= 15 is 0 Å². The fraction of sp³-hybridized carbons (Fsp3) is 0.857. The second-order valence-electron chi connectivity index (χ2n) is 5.82.